The molecule has 11 nitrogen and oxygen atoms in total. The first-order chi connectivity index (χ1) is 14.7. The Labute approximate surface area is 173 Å². The first kappa shape index (κ1) is 21.4. The first-order valence-electron chi connectivity index (χ1n) is 8.76. The van der Waals surface area contributed by atoms with Gasteiger partial charge in [-0.25, -0.2) is 4.39 Å². The van der Waals surface area contributed by atoms with E-state index in [1.165, 1.54) is 32.0 Å². The molecule has 3 aromatic rings. The third-order valence-electron chi connectivity index (χ3n) is 4.41. The van der Waals surface area contributed by atoms with Crippen molar-refractivity contribution >= 4 is 23.0 Å². The van der Waals surface area contributed by atoms with Crippen molar-refractivity contribution < 1.29 is 28.3 Å². The van der Waals surface area contributed by atoms with Gasteiger partial charge in [-0.1, -0.05) is 17.3 Å². The number of hydrogen-bond donors (Lipinski definition) is 1. The number of amides is 1. The Balaban J connectivity index is 1.87. The summed E-state index contributed by atoms with van der Waals surface area (Å²) >= 11 is 0. The number of para-hydroxylation sites is 1. The second-order valence-electron chi connectivity index (χ2n) is 6.39. The average Bonchev–Trinajstić information content (AvgIpc) is 3.08. The number of nitro benzene ring substituents is 2. The van der Waals surface area contributed by atoms with Crippen LogP contribution >= 0.6 is 0 Å². The zero-order chi connectivity index (χ0) is 22.7. The van der Waals surface area contributed by atoms with Crippen molar-refractivity contribution in [1.29, 1.82) is 0 Å². The molecule has 0 aliphatic rings. The molecule has 3 rings (SSSR count). The lowest BCUT2D eigenvalue weighted by atomic mass is 10.1. The van der Waals surface area contributed by atoms with Crippen LogP contribution in [-0.2, 0) is 6.61 Å². The lowest BCUT2D eigenvalue weighted by molar-refractivity contribution is -0.395. The average molecular weight is 430 g/mol. The number of nitrogens with zero attached hydrogens (tertiary/aromatic N) is 3. The molecule has 31 heavy (non-hydrogen) atoms. The molecule has 1 heterocycles. The molecule has 2 aromatic carbocycles. The fraction of sp³-hybridized carbons (Fsp3) is 0.158. The summed E-state index contributed by atoms with van der Waals surface area (Å²) in [7, 11) is 0. The molecule has 0 radical (unpaired) electrons. The summed E-state index contributed by atoms with van der Waals surface area (Å²) in [5.74, 6) is -1.24. The van der Waals surface area contributed by atoms with Gasteiger partial charge in [-0.2, -0.15) is 0 Å². The van der Waals surface area contributed by atoms with Gasteiger partial charge in [0.15, 0.2) is 17.3 Å². The van der Waals surface area contributed by atoms with Gasteiger partial charge in [0.1, 0.15) is 17.9 Å². The quantitative estimate of drug-likeness (QED) is 0.435. The Hall–Kier alpha value is -4.35. The lowest BCUT2D eigenvalue weighted by Gasteiger charge is -2.08. The maximum absolute atomic E-state index is 13.8. The monoisotopic (exact) mass is 430 g/mol. The molecule has 160 valence electrons. The van der Waals surface area contributed by atoms with Crippen molar-refractivity contribution in [2.75, 3.05) is 5.32 Å². The molecular weight excluding hydrogens is 415 g/mol. The number of nitrogens with one attached hydrogen (secondary N) is 1. The van der Waals surface area contributed by atoms with Crippen LogP contribution in [0.1, 0.15) is 27.4 Å². The van der Waals surface area contributed by atoms with E-state index >= 15 is 0 Å². The molecule has 0 saturated carbocycles. The number of halogens is 1. The van der Waals surface area contributed by atoms with Crippen molar-refractivity contribution in [1.82, 2.24) is 5.16 Å². The summed E-state index contributed by atoms with van der Waals surface area (Å²) < 4.78 is 24.2. The number of ether oxygens (including phenoxy) is 1. The van der Waals surface area contributed by atoms with Crippen LogP contribution in [-0.4, -0.2) is 20.9 Å². The highest BCUT2D eigenvalue weighted by Gasteiger charge is 2.26. The van der Waals surface area contributed by atoms with E-state index in [2.05, 4.69) is 10.5 Å². The number of hydrogen-bond acceptors (Lipinski definition) is 8. The molecule has 1 N–H and O–H groups in total. The van der Waals surface area contributed by atoms with E-state index in [0.29, 0.717) is 0 Å². The molecule has 0 fully saturated rings. The van der Waals surface area contributed by atoms with Crippen LogP contribution in [0.25, 0.3) is 0 Å². The Morgan fingerprint density at radius 2 is 1.77 bits per heavy atom. The van der Waals surface area contributed by atoms with Crippen LogP contribution in [0.5, 0.6) is 5.75 Å². The second kappa shape index (κ2) is 8.57. The molecule has 0 atom stereocenters. The number of benzene rings is 2. The van der Waals surface area contributed by atoms with Gasteiger partial charge < -0.3 is 14.6 Å². The van der Waals surface area contributed by atoms with Gasteiger partial charge in [-0.3, -0.25) is 25.0 Å². The topological polar surface area (TPSA) is 151 Å². The Kier molecular flexibility index (Phi) is 5.90. The van der Waals surface area contributed by atoms with Crippen LogP contribution in [0.3, 0.4) is 0 Å². The van der Waals surface area contributed by atoms with Crippen molar-refractivity contribution in [2.24, 2.45) is 0 Å². The van der Waals surface area contributed by atoms with Gasteiger partial charge in [-0.05, 0) is 26.0 Å². The van der Waals surface area contributed by atoms with E-state index in [1.54, 1.807) is 6.07 Å². The van der Waals surface area contributed by atoms with Crippen LogP contribution in [0.4, 0.5) is 21.5 Å². The number of anilines is 1. The number of carbonyl (C=O) groups is 1. The normalized spacial score (nSPS) is 10.5. The fourth-order valence-electron chi connectivity index (χ4n) is 2.78. The van der Waals surface area contributed by atoms with Crippen LogP contribution in [0.15, 0.2) is 40.9 Å². The summed E-state index contributed by atoms with van der Waals surface area (Å²) in [4.78, 5) is 33.5. The van der Waals surface area contributed by atoms with E-state index in [-0.39, 0.29) is 40.6 Å². The highest BCUT2D eigenvalue weighted by atomic mass is 19.1. The molecule has 0 spiro atoms. The molecule has 12 heteroatoms. The number of aryl methyl sites for hydroxylation is 1. The number of nitro groups is 2. The SMILES string of the molecule is Cc1onc(C(=O)Nc2cc([N+](=O)[O-])c(C)c([N+](=O)[O-])c2)c1COc1ccccc1F. The van der Waals surface area contributed by atoms with Crippen LogP contribution in [0, 0.1) is 39.9 Å². The fourth-order valence-corrected chi connectivity index (χ4v) is 2.78. The molecule has 0 unspecified atom stereocenters. The number of carbonyl (C=O) groups excluding carboxylic acids is 1. The highest BCUT2D eigenvalue weighted by molar-refractivity contribution is 6.04. The van der Waals surface area contributed by atoms with E-state index in [4.69, 9.17) is 9.26 Å². The second-order valence-corrected chi connectivity index (χ2v) is 6.39. The molecule has 0 aliphatic heterocycles. The highest BCUT2D eigenvalue weighted by Crippen LogP contribution is 2.32. The molecule has 1 amide bonds. The van der Waals surface area contributed by atoms with Gasteiger partial charge in [0, 0.05) is 12.1 Å². The number of aromatic nitrogens is 1. The minimum atomic E-state index is -0.837. The standard InChI is InChI=1S/C19H15FN4O7/c1-10-15(23(26)27)7-12(8-16(10)24(28)29)21-19(25)18-13(11(2)31-22-18)9-30-17-6-4-3-5-14(17)20/h3-8H,9H2,1-2H3,(H,21,25). The summed E-state index contributed by atoms with van der Waals surface area (Å²) in [6.07, 6.45) is 0. The van der Waals surface area contributed by atoms with Gasteiger partial charge >= 0.3 is 0 Å². The van der Waals surface area contributed by atoms with E-state index < -0.39 is 32.9 Å². The third-order valence-corrected chi connectivity index (χ3v) is 4.41. The molecule has 0 saturated heterocycles. The van der Waals surface area contributed by atoms with Gasteiger partial charge in [0.2, 0.25) is 0 Å². The lowest BCUT2D eigenvalue weighted by Crippen LogP contribution is -2.16. The van der Waals surface area contributed by atoms with Gasteiger partial charge in [0.05, 0.1) is 21.1 Å². The van der Waals surface area contributed by atoms with Crippen molar-refractivity contribution in [3.05, 3.63) is 85.0 Å². The third kappa shape index (κ3) is 4.47. The van der Waals surface area contributed by atoms with E-state index in [9.17, 15) is 29.4 Å². The molecule has 0 bridgehead atoms. The van der Waals surface area contributed by atoms with E-state index in [1.807, 2.05) is 0 Å². The first-order valence-corrected chi connectivity index (χ1v) is 8.76. The predicted octanol–water partition coefficient (Wildman–Crippen LogP) is 4.08. The van der Waals surface area contributed by atoms with Gasteiger partial charge in [0.25, 0.3) is 17.3 Å². The summed E-state index contributed by atoms with van der Waals surface area (Å²) in [6, 6.07) is 7.68. The minimum absolute atomic E-state index is 0.0424. The smallest absolute Gasteiger partial charge is 0.281 e. The summed E-state index contributed by atoms with van der Waals surface area (Å²) in [6.45, 7) is 2.51. The zero-order valence-corrected chi connectivity index (χ0v) is 16.2. The maximum atomic E-state index is 13.8. The van der Waals surface area contributed by atoms with Gasteiger partial charge in [-0.15, -0.1) is 0 Å². The number of rotatable bonds is 7. The van der Waals surface area contributed by atoms with Crippen molar-refractivity contribution in [2.45, 2.75) is 20.5 Å². The predicted molar refractivity (Wildman–Crippen MR) is 104 cm³/mol. The largest absolute Gasteiger partial charge is 0.486 e. The minimum Gasteiger partial charge on any atom is -0.486 e. The molecular formula is C19H15FN4O7. The summed E-state index contributed by atoms with van der Waals surface area (Å²) in [5.41, 5.74) is -1.36. The molecule has 0 aliphatic carbocycles. The summed E-state index contributed by atoms with van der Waals surface area (Å²) in [5, 5.41) is 28.4. The Bertz CT molecular complexity index is 1160. The van der Waals surface area contributed by atoms with E-state index in [0.717, 1.165) is 12.1 Å². The maximum Gasteiger partial charge on any atom is 0.281 e. The van der Waals surface area contributed by atoms with Crippen LogP contribution in [0.2, 0.25) is 0 Å². The Morgan fingerprint density at radius 1 is 1.16 bits per heavy atom. The van der Waals surface area contributed by atoms with Crippen molar-refractivity contribution in [3.8, 4) is 5.75 Å². The van der Waals surface area contributed by atoms with Crippen LogP contribution < -0.4 is 10.1 Å². The molecule has 1 aromatic heterocycles. The zero-order valence-electron chi connectivity index (χ0n) is 16.2. The Morgan fingerprint density at radius 3 is 2.35 bits per heavy atom. The van der Waals surface area contributed by atoms with Crippen molar-refractivity contribution in [3.63, 3.8) is 0 Å².